The number of nitrogens with zero attached hydrogens (tertiary/aromatic N) is 3. The van der Waals surface area contributed by atoms with Crippen LogP contribution in [0.3, 0.4) is 0 Å². The van der Waals surface area contributed by atoms with E-state index in [1.165, 1.54) is 18.2 Å². The maximum absolute atomic E-state index is 13.1. The van der Waals surface area contributed by atoms with Gasteiger partial charge in [0.05, 0.1) is 12.2 Å². The summed E-state index contributed by atoms with van der Waals surface area (Å²) in [5, 5.41) is 2.76. The summed E-state index contributed by atoms with van der Waals surface area (Å²) < 4.78 is 18.3. The zero-order valence-electron chi connectivity index (χ0n) is 14.2. The zero-order chi connectivity index (χ0) is 17.6. The fourth-order valence-electron chi connectivity index (χ4n) is 2.71. The average molecular weight is 344 g/mol. The first-order valence-corrected chi connectivity index (χ1v) is 8.35. The van der Waals surface area contributed by atoms with E-state index in [9.17, 15) is 9.18 Å². The highest BCUT2D eigenvalue weighted by molar-refractivity contribution is 5.77. The molecule has 1 aromatic carbocycles. The molecule has 1 aliphatic heterocycles. The molecule has 1 saturated heterocycles. The fourth-order valence-corrected chi connectivity index (χ4v) is 2.71. The summed E-state index contributed by atoms with van der Waals surface area (Å²) in [4.78, 5) is 23.1. The summed E-state index contributed by atoms with van der Waals surface area (Å²) in [5.41, 5.74) is 1.63. The second-order valence-electron chi connectivity index (χ2n) is 6.02. The van der Waals surface area contributed by atoms with Crippen molar-refractivity contribution in [1.82, 2.24) is 15.3 Å². The zero-order valence-corrected chi connectivity index (χ0v) is 14.2. The molecular weight excluding hydrogens is 323 g/mol. The third kappa shape index (κ3) is 4.89. The van der Waals surface area contributed by atoms with Crippen molar-refractivity contribution in [2.75, 3.05) is 24.6 Å². The van der Waals surface area contributed by atoms with Crippen LogP contribution in [-0.4, -0.2) is 35.6 Å². The molecule has 6 nitrogen and oxygen atoms in total. The number of ether oxygens (including phenoxy) is 1. The molecule has 0 aliphatic carbocycles. The molecule has 1 aliphatic rings. The third-order valence-corrected chi connectivity index (χ3v) is 3.92. The maximum Gasteiger partial charge on any atom is 0.258 e. The van der Waals surface area contributed by atoms with Gasteiger partial charge >= 0.3 is 0 Å². The highest BCUT2D eigenvalue weighted by Crippen LogP contribution is 2.16. The van der Waals surface area contributed by atoms with Gasteiger partial charge in [-0.3, -0.25) is 4.79 Å². The molecule has 0 saturated carbocycles. The van der Waals surface area contributed by atoms with Gasteiger partial charge in [0.2, 0.25) is 5.95 Å². The number of aromatic nitrogens is 2. The number of aryl methyl sites for hydroxylation is 1. The van der Waals surface area contributed by atoms with Crippen molar-refractivity contribution in [2.45, 2.75) is 26.3 Å². The van der Waals surface area contributed by atoms with E-state index in [0.29, 0.717) is 12.3 Å². The number of anilines is 1. The Morgan fingerprint density at radius 2 is 2.08 bits per heavy atom. The topological polar surface area (TPSA) is 67.3 Å². The van der Waals surface area contributed by atoms with Crippen molar-refractivity contribution < 1.29 is 13.9 Å². The molecule has 25 heavy (non-hydrogen) atoms. The minimum Gasteiger partial charge on any atom is -0.484 e. The van der Waals surface area contributed by atoms with E-state index in [-0.39, 0.29) is 12.5 Å². The van der Waals surface area contributed by atoms with Gasteiger partial charge < -0.3 is 15.0 Å². The fraction of sp³-hybridized carbons (Fsp3) is 0.389. The van der Waals surface area contributed by atoms with Crippen molar-refractivity contribution in [3.05, 3.63) is 47.5 Å². The van der Waals surface area contributed by atoms with Crippen molar-refractivity contribution in [3.8, 4) is 5.75 Å². The van der Waals surface area contributed by atoms with Crippen molar-refractivity contribution in [2.24, 2.45) is 0 Å². The number of hydrogen-bond acceptors (Lipinski definition) is 5. The largest absolute Gasteiger partial charge is 0.484 e. The van der Waals surface area contributed by atoms with Crippen molar-refractivity contribution >= 4 is 11.9 Å². The van der Waals surface area contributed by atoms with Crippen molar-refractivity contribution in [3.63, 3.8) is 0 Å². The SMILES string of the molecule is Cc1cc(CNC(=O)COc2cccc(F)c2)nc(N2CCCC2)n1. The first-order valence-electron chi connectivity index (χ1n) is 8.35. The smallest absolute Gasteiger partial charge is 0.258 e. The first-order chi connectivity index (χ1) is 12.1. The molecule has 132 valence electrons. The van der Waals surface area contributed by atoms with E-state index >= 15 is 0 Å². The Kier molecular flexibility index (Phi) is 5.42. The molecule has 1 amide bonds. The molecule has 0 radical (unpaired) electrons. The Hall–Kier alpha value is -2.70. The van der Waals surface area contributed by atoms with Crippen LogP contribution in [0.2, 0.25) is 0 Å². The number of amides is 1. The molecule has 0 spiro atoms. The van der Waals surface area contributed by atoms with Gasteiger partial charge in [-0.2, -0.15) is 0 Å². The van der Waals surface area contributed by atoms with E-state index in [1.807, 2.05) is 13.0 Å². The summed E-state index contributed by atoms with van der Waals surface area (Å²) in [7, 11) is 0. The van der Waals surface area contributed by atoms with E-state index in [4.69, 9.17) is 4.74 Å². The summed E-state index contributed by atoms with van der Waals surface area (Å²) in [5.74, 6) is 0.356. The number of carbonyl (C=O) groups excluding carboxylic acids is 1. The van der Waals surface area contributed by atoms with Gasteiger partial charge in [0.25, 0.3) is 5.91 Å². The van der Waals surface area contributed by atoms with Crippen LogP contribution >= 0.6 is 0 Å². The number of halogens is 1. The molecule has 0 bridgehead atoms. The van der Waals surface area contributed by atoms with Crippen LogP contribution in [0, 0.1) is 12.7 Å². The lowest BCUT2D eigenvalue weighted by atomic mass is 10.3. The van der Waals surface area contributed by atoms with E-state index in [2.05, 4.69) is 20.2 Å². The Morgan fingerprint density at radius 3 is 2.84 bits per heavy atom. The number of hydrogen-bond donors (Lipinski definition) is 1. The molecule has 0 atom stereocenters. The Bertz CT molecular complexity index is 748. The average Bonchev–Trinajstić information content (AvgIpc) is 3.12. The second kappa shape index (κ2) is 7.92. The van der Waals surface area contributed by atoms with Gasteiger partial charge in [0.15, 0.2) is 6.61 Å². The molecule has 2 aromatic rings. The van der Waals surface area contributed by atoms with Crippen LogP contribution in [-0.2, 0) is 11.3 Å². The molecule has 1 N–H and O–H groups in total. The van der Waals surface area contributed by atoms with E-state index in [0.717, 1.165) is 43.3 Å². The minimum atomic E-state index is -0.399. The first kappa shape index (κ1) is 17.1. The molecule has 2 heterocycles. The van der Waals surface area contributed by atoms with Crippen LogP contribution in [0.5, 0.6) is 5.75 Å². The minimum absolute atomic E-state index is 0.174. The summed E-state index contributed by atoms with van der Waals surface area (Å²) >= 11 is 0. The van der Waals surface area contributed by atoms with Crippen LogP contribution in [0.4, 0.5) is 10.3 Å². The molecule has 3 rings (SSSR count). The Balaban J connectivity index is 1.53. The van der Waals surface area contributed by atoms with Crippen LogP contribution < -0.4 is 15.0 Å². The lowest BCUT2D eigenvalue weighted by Gasteiger charge is -2.16. The Morgan fingerprint density at radius 1 is 1.28 bits per heavy atom. The molecule has 7 heteroatoms. The monoisotopic (exact) mass is 344 g/mol. The van der Waals surface area contributed by atoms with Gasteiger partial charge in [0.1, 0.15) is 11.6 Å². The summed E-state index contributed by atoms with van der Waals surface area (Å²) in [6.07, 6.45) is 2.31. The normalized spacial score (nSPS) is 13.8. The molecular formula is C18H21FN4O2. The van der Waals surface area contributed by atoms with Crippen LogP contribution in [0.1, 0.15) is 24.2 Å². The summed E-state index contributed by atoms with van der Waals surface area (Å²) in [6, 6.07) is 7.55. The number of carbonyl (C=O) groups is 1. The lowest BCUT2D eigenvalue weighted by Crippen LogP contribution is -2.29. The van der Waals surface area contributed by atoms with Crippen LogP contribution in [0.15, 0.2) is 30.3 Å². The van der Waals surface area contributed by atoms with E-state index < -0.39 is 5.82 Å². The van der Waals surface area contributed by atoms with Crippen LogP contribution in [0.25, 0.3) is 0 Å². The highest BCUT2D eigenvalue weighted by atomic mass is 19.1. The highest BCUT2D eigenvalue weighted by Gasteiger charge is 2.16. The van der Waals surface area contributed by atoms with E-state index in [1.54, 1.807) is 6.07 Å². The van der Waals surface area contributed by atoms with Gasteiger partial charge in [-0.25, -0.2) is 14.4 Å². The molecule has 0 unspecified atom stereocenters. The number of nitrogens with one attached hydrogen (secondary N) is 1. The molecule has 1 aromatic heterocycles. The second-order valence-corrected chi connectivity index (χ2v) is 6.02. The third-order valence-electron chi connectivity index (χ3n) is 3.92. The summed E-state index contributed by atoms with van der Waals surface area (Å²) in [6.45, 7) is 3.98. The molecule has 1 fully saturated rings. The number of rotatable bonds is 6. The standard InChI is InChI=1S/C18H21FN4O2/c1-13-9-15(22-18(21-13)23-7-2-3-8-23)11-20-17(24)12-25-16-6-4-5-14(19)10-16/h4-6,9-10H,2-3,7-8,11-12H2,1H3,(H,20,24). The van der Waals surface area contributed by atoms with Gasteiger partial charge in [-0.1, -0.05) is 6.07 Å². The maximum atomic E-state index is 13.1. The Labute approximate surface area is 146 Å². The predicted molar refractivity (Wildman–Crippen MR) is 92.0 cm³/mol. The van der Waals surface area contributed by atoms with Gasteiger partial charge in [0, 0.05) is 24.8 Å². The van der Waals surface area contributed by atoms with Gasteiger partial charge in [-0.15, -0.1) is 0 Å². The van der Waals surface area contributed by atoms with Gasteiger partial charge in [-0.05, 0) is 38.0 Å². The lowest BCUT2D eigenvalue weighted by molar-refractivity contribution is -0.123. The quantitative estimate of drug-likeness (QED) is 0.870. The number of benzene rings is 1. The predicted octanol–water partition coefficient (Wildman–Crippen LogP) is 2.22. The van der Waals surface area contributed by atoms with Crippen molar-refractivity contribution in [1.29, 1.82) is 0 Å².